The SMILES string of the molecule is O=C([N]C(=O)c1ccccc1)Nc1ccccc1. The molecule has 0 unspecified atom stereocenters. The minimum absolute atomic E-state index is 0.390. The van der Waals surface area contributed by atoms with Crippen LogP contribution < -0.4 is 10.6 Å². The molecular formula is C14H11N2O2. The molecule has 0 aliphatic carbocycles. The van der Waals surface area contributed by atoms with Gasteiger partial charge in [-0.15, -0.1) is 0 Å². The van der Waals surface area contributed by atoms with E-state index in [9.17, 15) is 9.59 Å². The number of anilines is 1. The molecule has 0 saturated carbocycles. The van der Waals surface area contributed by atoms with Crippen molar-refractivity contribution >= 4 is 17.6 Å². The maximum absolute atomic E-state index is 11.6. The van der Waals surface area contributed by atoms with Crippen LogP contribution in [0, 0.1) is 0 Å². The van der Waals surface area contributed by atoms with Crippen molar-refractivity contribution < 1.29 is 9.59 Å². The van der Waals surface area contributed by atoms with Crippen molar-refractivity contribution in [3.05, 3.63) is 66.2 Å². The summed E-state index contributed by atoms with van der Waals surface area (Å²) in [6.45, 7) is 0. The summed E-state index contributed by atoms with van der Waals surface area (Å²) in [6.07, 6.45) is 0. The van der Waals surface area contributed by atoms with Gasteiger partial charge in [-0.05, 0) is 24.3 Å². The number of rotatable bonds is 2. The molecule has 2 rings (SSSR count). The Morgan fingerprint density at radius 3 is 2.00 bits per heavy atom. The molecule has 0 aliphatic heterocycles. The van der Waals surface area contributed by atoms with Gasteiger partial charge in [-0.2, -0.15) is 5.32 Å². The minimum Gasteiger partial charge on any atom is -0.306 e. The zero-order valence-electron chi connectivity index (χ0n) is 9.54. The molecule has 18 heavy (non-hydrogen) atoms. The highest BCUT2D eigenvalue weighted by Gasteiger charge is 2.12. The van der Waals surface area contributed by atoms with Gasteiger partial charge in [0.2, 0.25) is 0 Å². The molecule has 4 nitrogen and oxygen atoms in total. The number of hydrogen-bond donors (Lipinski definition) is 1. The van der Waals surface area contributed by atoms with Crippen LogP contribution in [0.15, 0.2) is 60.7 Å². The summed E-state index contributed by atoms with van der Waals surface area (Å²) in [5.74, 6) is -0.552. The van der Waals surface area contributed by atoms with Crippen molar-refractivity contribution in [3.63, 3.8) is 0 Å². The molecule has 2 aromatic carbocycles. The van der Waals surface area contributed by atoms with E-state index in [1.165, 1.54) is 0 Å². The van der Waals surface area contributed by atoms with Gasteiger partial charge in [-0.1, -0.05) is 36.4 Å². The first-order valence-corrected chi connectivity index (χ1v) is 5.43. The van der Waals surface area contributed by atoms with Crippen LogP contribution in [-0.2, 0) is 0 Å². The fourth-order valence-electron chi connectivity index (χ4n) is 1.41. The number of amides is 3. The van der Waals surface area contributed by atoms with E-state index in [4.69, 9.17) is 0 Å². The number of carbonyl (C=O) groups is 2. The van der Waals surface area contributed by atoms with Gasteiger partial charge in [0.05, 0.1) is 0 Å². The number of nitrogens with one attached hydrogen (secondary N) is 1. The van der Waals surface area contributed by atoms with Crippen molar-refractivity contribution in [2.24, 2.45) is 0 Å². The molecule has 1 radical (unpaired) electrons. The fourth-order valence-corrected chi connectivity index (χ4v) is 1.41. The Balaban J connectivity index is 1.94. The predicted octanol–water partition coefficient (Wildman–Crippen LogP) is 2.66. The van der Waals surface area contributed by atoms with Crippen LogP contribution in [-0.4, -0.2) is 11.9 Å². The van der Waals surface area contributed by atoms with Crippen LogP contribution in [0.2, 0.25) is 0 Å². The van der Waals surface area contributed by atoms with E-state index in [1.807, 2.05) is 6.07 Å². The van der Waals surface area contributed by atoms with Gasteiger partial charge in [0.25, 0.3) is 5.91 Å². The molecule has 89 valence electrons. The van der Waals surface area contributed by atoms with E-state index >= 15 is 0 Å². The van der Waals surface area contributed by atoms with Gasteiger partial charge in [0.15, 0.2) is 0 Å². The van der Waals surface area contributed by atoms with Crippen LogP contribution in [0.4, 0.5) is 10.5 Å². The smallest absolute Gasteiger partial charge is 0.306 e. The summed E-state index contributed by atoms with van der Waals surface area (Å²) in [5, 5.41) is 5.97. The molecule has 0 spiro atoms. The average Bonchev–Trinajstić information content (AvgIpc) is 2.40. The lowest BCUT2D eigenvalue weighted by Gasteiger charge is -2.03. The summed E-state index contributed by atoms with van der Waals surface area (Å²) in [5.41, 5.74) is 0.993. The molecule has 0 aliphatic rings. The quantitative estimate of drug-likeness (QED) is 0.875. The fraction of sp³-hybridized carbons (Fsp3) is 0. The number of imide groups is 1. The first kappa shape index (κ1) is 11.9. The summed E-state index contributed by atoms with van der Waals surface area (Å²) in [4.78, 5) is 23.1. The molecule has 0 bridgehead atoms. The molecule has 0 aromatic heterocycles. The molecule has 0 atom stereocenters. The lowest BCUT2D eigenvalue weighted by molar-refractivity contribution is 0.0963. The number of para-hydroxylation sites is 1. The average molecular weight is 239 g/mol. The van der Waals surface area contributed by atoms with E-state index in [0.717, 1.165) is 0 Å². The number of hydrogen-bond acceptors (Lipinski definition) is 2. The van der Waals surface area contributed by atoms with Gasteiger partial charge >= 0.3 is 6.03 Å². The van der Waals surface area contributed by atoms with Gasteiger partial charge in [0.1, 0.15) is 0 Å². The lowest BCUT2D eigenvalue weighted by atomic mass is 10.2. The number of urea groups is 1. The first-order valence-electron chi connectivity index (χ1n) is 5.43. The van der Waals surface area contributed by atoms with Gasteiger partial charge in [0, 0.05) is 11.3 Å². The van der Waals surface area contributed by atoms with Gasteiger partial charge in [-0.3, -0.25) is 4.79 Å². The second-order valence-electron chi connectivity index (χ2n) is 3.58. The maximum atomic E-state index is 11.6. The Hall–Kier alpha value is -2.62. The van der Waals surface area contributed by atoms with Crippen molar-refractivity contribution in [3.8, 4) is 0 Å². The summed E-state index contributed by atoms with van der Waals surface area (Å²) < 4.78 is 0. The van der Waals surface area contributed by atoms with Crippen molar-refractivity contribution in [2.75, 3.05) is 5.32 Å². The van der Waals surface area contributed by atoms with Crippen LogP contribution in [0.1, 0.15) is 10.4 Å². The molecule has 2 aromatic rings. The monoisotopic (exact) mass is 239 g/mol. The van der Waals surface area contributed by atoms with E-state index < -0.39 is 11.9 Å². The van der Waals surface area contributed by atoms with Crippen molar-refractivity contribution in [1.29, 1.82) is 0 Å². The Kier molecular flexibility index (Phi) is 3.71. The van der Waals surface area contributed by atoms with E-state index in [0.29, 0.717) is 11.3 Å². The normalized spacial score (nSPS) is 9.56. The van der Waals surface area contributed by atoms with Gasteiger partial charge in [-0.25, -0.2) is 4.79 Å². The molecule has 1 N–H and O–H groups in total. The Bertz CT molecular complexity index is 538. The maximum Gasteiger partial charge on any atom is 0.348 e. The second-order valence-corrected chi connectivity index (χ2v) is 3.58. The molecule has 4 heteroatoms. The lowest BCUT2D eigenvalue weighted by Crippen LogP contribution is -2.27. The highest BCUT2D eigenvalue weighted by Crippen LogP contribution is 2.05. The number of carbonyl (C=O) groups excluding carboxylic acids is 2. The molecule has 0 fully saturated rings. The third-order valence-electron chi connectivity index (χ3n) is 2.25. The standard InChI is InChI=1S/C14H11N2O2/c17-13(11-7-3-1-4-8-11)16-14(18)15-12-9-5-2-6-10-12/h1-10H,(H,15,18). The topological polar surface area (TPSA) is 60.3 Å². The number of benzene rings is 2. The van der Waals surface area contributed by atoms with Crippen molar-refractivity contribution in [2.45, 2.75) is 0 Å². The van der Waals surface area contributed by atoms with E-state index in [1.54, 1.807) is 54.6 Å². The highest BCUT2D eigenvalue weighted by molar-refractivity contribution is 6.07. The minimum atomic E-state index is -0.671. The van der Waals surface area contributed by atoms with E-state index in [-0.39, 0.29) is 0 Å². The van der Waals surface area contributed by atoms with Crippen LogP contribution >= 0.6 is 0 Å². The van der Waals surface area contributed by atoms with Crippen LogP contribution in [0.3, 0.4) is 0 Å². The predicted molar refractivity (Wildman–Crippen MR) is 68.4 cm³/mol. The zero-order chi connectivity index (χ0) is 12.8. The third kappa shape index (κ3) is 3.18. The van der Waals surface area contributed by atoms with Crippen LogP contribution in [0.25, 0.3) is 0 Å². The molecular weight excluding hydrogens is 228 g/mol. The largest absolute Gasteiger partial charge is 0.348 e. The Morgan fingerprint density at radius 2 is 1.39 bits per heavy atom. The number of nitrogens with zero attached hydrogens (tertiary/aromatic N) is 1. The zero-order valence-corrected chi connectivity index (χ0v) is 9.54. The van der Waals surface area contributed by atoms with Crippen molar-refractivity contribution in [1.82, 2.24) is 5.32 Å². The molecule has 0 saturated heterocycles. The Labute approximate surface area is 105 Å². The van der Waals surface area contributed by atoms with Crippen LogP contribution in [0.5, 0.6) is 0 Å². The molecule has 3 amide bonds. The first-order chi connectivity index (χ1) is 8.75. The highest BCUT2D eigenvalue weighted by atomic mass is 16.2. The summed E-state index contributed by atoms with van der Waals surface area (Å²) in [7, 11) is 0. The van der Waals surface area contributed by atoms with Gasteiger partial charge < -0.3 is 5.32 Å². The van der Waals surface area contributed by atoms with E-state index in [2.05, 4.69) is 10.6 Å². The second kappa shape index (κ2) is 5.63. The third-order valence-corrected chi connectivity index (χ3v) is 2.25. The Morgan fingerprint density at radius 1 is 0.833 bits per heavy atom. The molecule has 0 heterocycles. The summed E-state index contributed by atoms with van der Waals surface area (Å²) in [6, 6.07) is 16.6. The summed E-state index contributed by atoms with van der Waals surface area (Å²) >= 11 is 0.